The van der Waals surface area contributed by atoms with Crippen molar-refractivity contribution in [2.45, 2.75) is 6.54 Å². The van der Waals surface area contributed by atoms with Crippen LogP contribution in [0.15, 0.2) is 48.8 Å². The number of H-pyrrole nitrogens is 1. The molecule has 2 N–H and O–H groups in total. The van der Waals surface area contributed by atoms with Crippen LogP contribution in [-0.2, 0) is 6.54 Å². The van der Waals surface area contributed by atoms with Crippen molar-refractivity contribution in [1.82, 2.24) is 15.2 Å². The summed E-state index contributed by atoms with van der Waals surface area (Å²) in [5.74, 6) is 0. The van der Waals surface area contributed by atoms with Crippen molar-refractivity contribution < 1.29 is 0 Å². The number of hydrogen-bond acceptors (Lipinski definition) is 3. The Morgan fingerprint density at radius 2 is 2.12 bits per heavy atom. The third-order valence-corrected chi connectivity index (χ3v) is 2.67. The van der Waals surface area contributed by atoms with Crippen LogP contribution in [0.25, 0.3) is 10.9 Å². The highest BCUT2D eigenvalue weighted by molar-refractivity contribution is 5.90. The summed E-state index contributed by atoms with van der Waals surface area (Å²) in [4.78, 5) is 4.28. The number of aromatic nitrogens is 3. The lowest BCUT2D eigenvalue weighted by Gasteiger charge is -2.06. The van der Waals surface area contributed by atoms with Crippen LogP contribution in [0, 0.1) is 0 Å². The van der Waals surface area contributed by atoms with Crippen molar-refractivity contribution >= 4 is 16.6 Å². The molecular formula is C13H12N4. The number of pyridine rings is 1. The summed E-state index contributed by atoms with van der Waals surface area (Å²) in [6.07, 6.45) is 3.63. The van der Waals surface area contributed by atoms with Gasteiger partial charge in [-0.3, -0.25) is 10.1 Å². The maximum absolute atomic E-state index is 4.28. The molecule has 0 radical (unpaired) electrons. The minimum Gasteiger partial charge on any atom is -0.379 e. The van der Waals surface area contributed by atoms with Gasteiger partial charge in [0.15, 0.2) is 0 Å². The highest BCUT2D eigenvalue weighted by atomic mass is 15.1. The van der Waals surface area contributed by atoms with E-state index in [1.54, 1.807) is 6.20 Å². The zero-order valence-corrected chi connectivity index (χ0v) is 9.22. The first-order valence-corrected chi connectivity index (χ1v) is 5.49. The van der Waals surface area contributed by atoms with Crippen LogP contribution < -0.4 is 5.32 Å². The van der Waals surface area contributed by atoms with Gasteiger partial charge in [-0.2, -0.15) is 5.10 Å². The van der Waals surface area contributed by atoms with Crippen molar-refractivity contribution in [2.75, 3.05) is 5.32 Å². The minimum absolute atomic E-state index is 0.713. The molecule has 0 aliphatic rings. The Bertz CT molecular complexity index is 615. The Balaban J connectivity index is 1.84. The van der Waals surface area contributed by atoms with E-state index in [1.807, 2.05) is 42.6 Å². The number of nitrogens with one attached hydrogen (secondary N) is 2. The maximum atomic E-state index is 4.28. The number of hydrogen-bond donors (Lipinski definition) is 2. The average Bonchev–Trinajstić information content (AvgIpc) is 2.86. The molecule has 0 aliphatic heterocycles. The van der Waals surface area contributed by atoms with Crippen LogP contribution in [0.4, 0.5) is 5.69 Å². The van der Waals surface area contributed by atoms with Gasteiger partial charge < -0.3 is 5.32 Å². The van der Waals surface area contributed by atoms with Crippen molar-refractivity contribution in [1.29, 1.82) is 0 Å². The topological polar surface area (TPSA) is 53.6 Å². The quantitative estimate of drug-likeness (QED) is 0.719. The maximum Gasteiger partial charge on any atom is 0.0671 e. The number of benzene rings is 1. The number of anilines is 1. The fraction of sp³-hybridized carbons (Fsp3) is 0.0769. The van der Waals surface area contributed by atoms with Crippen LogP contribution in [0.2, 0.25) is 0 Å². The molecular weight excluding hydrogens is 212 g/mol. The zero-order chi connectivity index (χ0) is 11.5. The predicted octanol–water partition coefficient (Wildman–Crippen LogP) is 2.57. The van der Waals surface area contributed by atoms with Crippen molar-refractivity contribution in [2.24, 2.45) is 0 Å². The lowest BCUT2D eigenvalue weighted by molar-refractivity contribution is 1.05. The van der Waals surface area contributed by atoms with Gasteiger partial charge in [-0.15, -0.1) is 0 Å². The molecule has 2 heterocycles. The standard InChI is InChI=1S/C13H12N4/c1-2-7-14-10(4-1)8-15-12-5-3-6-13-11(12)9-16-17-13/h1-7,9,15H,8H2,(H,16,17). The van der Waals surface area contributed by atoms with Crippen LogP contribution in [-0.4, -0.2) is 15.2 Å². The second-order valence-corrected chi connectivity index (χ2v) is 3.81. The van der Waals surface area contributed by atoms with E-state index in [0.717, 1.165) is 22.3 Å². The zero-order valence-electron chi connectivity index (χ0n) is 9.22. The Hall–Kier alpha value is -2.36. The van der Waals surface area contributed by atoms with E-state index >= 15 is 0 Å². The van der Waals surface area contributed by atoms with E-state index in [1.165, 1.54) is 0 Å². The van der Waals surface area contributed by atoms with Gasteiger partial charge >= 0.3 is 0 Å². The molecule has 0 atom stereocenters. The van der Waals surface area contributed by atoms with E-state index in [-0.39, 0.29) is 0 Å². The van der Waals surface area contributed by atoms with Crippen LogP contribution in [0.1, 0.15) is 5.69 Å². The summed E-state index contributed by atoms with van der Waals surface area (Å²) >= 11 is 0. The second-order valence-electron chi connectivity index (χ2n) is 3.81. The molecule has 0 saturated heterocycles. The molecule has 0 fully saturated rings. The van der Waals surface area contributed by atoms with Gasteiger partial charge in [0, 0.05) is 17.3 Å². The summed E-state index contributed by atoms with van der Waals surface area (Å²) in [5, 5.41) is 11.5. The fourth-order valence-corrected chi connectivity index (χ4v) is 1.81. The lowest BCUT2D eigenvalue weighted by Crippen LogP contribution is -2.01. The molecule has 0 amide bonds. The minimum atomic E-state index is 0.713. The molecule has 0 unspecified atom stereocenters. The highest BCUT2D eigenvalue weighted by Crippen LogP contribution is 2.21. The molecule has 3 aromatic rings. The summed E-state index contributed by atoms with van der Waals surface area (Å²) in [7, 11) is 0. The van der Waals surface area contributed by atoms with E-state index in [9.17, 15) is 0 Å². The van der Waals surface area contributed by atoms with Gasteiger partial charge in [0.05, 0.1) is 24.0 Å². The van der Waals surface area contributed by atoms with Gasteiger partial charge in [-0.05, 0) is 24.3 Å². The molecule has 4 heteroatoms. The second kappa shape index (κ2) is 4.25. The molecule has 0 bridgehead atoms. The Kier molecular flexibility index (Phi) is 2.46. The summed E-state index contributed by atoms with van der Waals surface area (Å²) in [6, 6.07) is 12.0. The normalized spacial score (nSPS) is 10.6. The van der Waals surface area contributed by atoms with Crippen LogP contribution in [0.3, 0.4) is 0 Å². The molecule has 4 nitrogen and oxygen atoms in total. The van der Waals surface area contributed by atoms with Crippen LogP contribution in [0.5, 0.6) is 0 Å². The first-order valence-electron chi connectivity index (χ1n) is 5.49. The number of aromatic amines is 1. The fourth-order valence-electron chi connectivity index (χ4n) is 1.81. The van der Waals surface area contributed by atoms with Gasteiger partial charge in [0.2, 0.25) is 0 Å². The molecule has 0 spiro atoms. The number of fused-ring (bicyclic) bond motifs is 1. The lowest BCUT2D eigenvalue weighted by atomic mass is 10.2. The third-order valence-electron chi connectivity index (χ3n) is 2.67. The summed E-state index contributed by atoms with van der Waals surface area (Å²) in [6.45, 7) is 0.713. The van der Waals surface area contributed by atoms with Crippen molar-refractivity contribution in [3.63, 3.8) is 0 Å². The number of nitrogens with zero attached hydrogens (tertiary/aromatic N) is 2. The SMILES string of the molecule is c1ccc(CNc2cccc3[nH]ncc23)nc1. The van der Waals surface area contributed by atoms with E-state index in [0.29, 0.717) is 6.54 Å². The van der Waals surface area contributed by atoms with Crippen LogP contribution >= 0.6 is 0 Å². The largest absolute Gasteiger partial charge is 0.379 e. The predicted molar refractivity (Wildman–Crippen MR) is 67.7 cm³/mol. The van der Waals surface area contributed by atoms with E-state index in [4.69, 9.17) is 0 Å². The molecule has 3 rings (SSSR count). The Morgan fingerprint density at radius 1 is 1.12 bits per heavy atom. The molecule has 0 aliphatic carbocycles. The Morgan fingerprint density at radius 3 is 3.00 bits per heavy atom. The number of rotatable bonds is 3. The molecule has 1 aromatic carbocycles. The first-order chi connectivity index (χ1) is 8.43. The van der Waals surface area contributed by atoms with Crippen molar-refractivity contribution in [3.05, 3.63) is 54.5 Å². The van der Waals surface area contributed by atoms with E-state index in [2.05, 4.69) is 20.5 Å². The first kappa shape index (κ1) is 9.84. The third kappa shape index (κ3) is 1.97. The van der Waals surface area contributed by atoms with E-state index < -0.39 is 0 Å². The highest BCUT2D eigenvalue weighted by Gasteiger charge is 2.01. The Labute approximate surface area is 98.7 Å². The molecule has 84 valence electrons. The molecule has 2 aromatic heterocycles. The average molecular weight is 224 g/mol. The monoisotopic (exact) mass is 224 g/mol. The van der Waals surface area contributed by atoms with Gasteiger partial charge in [0.1, 0.15) is 0 Å². The molecule has 17 heavy (non-hydrogen) atoms. The molecule has 0 saturated carbocycles. The smallest absolute Gasteiger partial charge is 0.0671 e. The van der Waals surface area contributed by atoms with Gasteiger partial charge in [-0.25, -0.2) is 0 Å². The van der Waals surface area contributed by atoms with Crippen molar-refractivity contribution in [3.8, 4) is 0 Å². The summed E-state index contributed by atoms with van der Waals surface area (Å²) < 4.78 is 0. The van der Waals surface area contributed by atoms with Gasteiger partial charge in [-0.1, -0.05) is 12.1 Å². The summed E-state index contributed by atoms with van der Waals surface area (Å²) in [5.41, 5.74) is 3.13. The van der Waals surface area contributed by atoms with Gasteiger partial charge in [0.25, 0.3) is 0 Å².